The van der Waals surface area contributed by atoms with Gasteiger partial charge in [0.05, 0.1) is 0 Å². The summed E-state index contributed by atoms with van der Waals surface area (Å²) in [6.45, 7) is 5.78. The Balaban J connectivity index is 1.84. The molecule has 0 atom stereocenters. The minimum atomic E-state index is -5.67. The van der Waals surface area contributed by atoms with Crippen LogP contribution < -0.4 is 0 Å². The highest BCUT2D eigenvalue weighted by Crippen LogP contribution is 2.67. The van der Waals surface area contributed by atoms with Crippen molar-refractivity contribution >= 4 is 56.5 Å². The summed E-state index contributed by atoms with van der Waals surface area (Å²) in [6, 6.07) is 10.3. The van der Waals surface area contributed by atoms with Crippen molar-refractivity contribution in [2.75, 3.05) is 0 Å². The van der Waals surface area contributed by atoms with Crippen LogP contribution in [0, 0.1) is 50.4 Å². The highest BCUT2D eigenvalue weighted by atomic mass is 32.1. The lowest BCUT2D eigenvalue weighted by atomic mass is 9.90. The zero-order chi connectivity index (χ0) is 28.7. The first-order chi connectivity index (χ1) is 18.2. The Bertz CT molecular complexity index is 1640. The average molecular weight is 611 g/mol. The third-order valence-corrected chi connectivity index (χ3v) is 11.4. The maximum absolute atomic E-state index is 15.6. The lowest BCUT2D eigenvalue weighted by Crippen LogP contribution is -2.49. The molecule has 0 N–H and O–H groups in total. The lowest BCUT2D eigenvalue weighted by Gasteiger charge is -2.26. The number of nitrogens with zero attached hydrogens (tertiary/aromatic N) is 2. The molecule has 2 nitrogen and oxygen atoms in total. The van der Waals surface area contributed by atoms with Crippen molar-refractivity contribution in [2.45, 2.75) is 45.5 Å². The molecule has 4 aromatic heterocycles. The van der Waals surface area contributed by atoms with Gasteiger partial charge in [-0.25, -0.2) is 0 Å². The van der Waals surface area contributed by atoms with Crippen LogP contribution in [-0.2, 0) is 0 Å². The Labute approximate surface area is 235 Å². The van der Waals surface area contributed by atoms with E-state index >= 15 is 26.3 Å². The van der Waals surface area contributed by atoms with Gasteiger partial charge in [-0.3, -0.25) is 0 Å². The van der Waals surface area contributed by atoms with Crippen LogP contribution in [-0.4, -0.2) is 17.8 Å². The number of aryl methyl sites for hydroxylation is 2. The second-order valence-corrected chi connectivity index (χ2v) is 13.6. The minimum Gasteiger partial charge on any atom is -0.194 e. The molecule has 0 radical (unpaired) electrons. The molecule has 0 unspecified atom stereocenters. The molecule has 0 saturated carbocycles. The normalized spacial score (nSPS) is 17.4. The van der Waals surface area contributed by atoms with Crippen molar-refractivity contribution in [1.29, 1.82) is 10.5 Å². The number of halogens is 6. The zero-order valence-electron chi connectivity index (χ0n) is 20.6. The molecule has 0 aromatic carbocycles. The van der Waals surface area contributed by atoms with Gasteiger partial charge in [-0.2, -0.15) is 36.9 Å². The first-order valence-electron chi connectivity index (χ1n) is 11.3. The first-order valence-corrected chi connectivity index (χ1v) is 14.6. The van der Waals surface area contributed by atoms with E-state index in [2.05, 4.69) is 0 Å². The number of alkyl halides is 6. The Kier molecular flexibility index (Phi) is 6.43. The summed E-state index contributed by atoms with van der Waals surface area (Å²) in [5.41, 5.74) is -3.04. The molecule has 4 aromatic rings. The van der Waals surface area contributed by atoms with Gasteiger partial charge in [-0.15, -0.1) is 45.3 Å². The summed E-state index contributed by atoms with van der Waals surface area (Å²) in [6.07, 6.45) is 0. The summed E-state index contributed by atoms with van der Waals surface area (Å²) >= 11 is 4.27. The van der Waals surface area contributed by atoms with Gasteiger partial charge in [-0.05, 0) is 63.1 Å². The molecule has 5 rings (SSSR count). The van der Waals surface area contributed by atoms with Crippen molar-refractivity contribution in [3.63, 3.8) is 0 Å². The van der Waals surface area contributed by atoms with E-state index in [4.69, 9.17) is 0 Å². The van der Waals surface area contributed by atoms with E-state index in [1.54, 1.807) is 24.3 Å². The van der Waals surface area contributed by atoms with Crippen molar-refractivity contribution in [3.05, 3.63) is 66.0 Å². The molecule has 0 bridgehead atoms. The summed E-state index contributed by atoms with van der Waals surface area (Å²) < 4.78 is 92.6. The van der Waals surface area contributed by atoms with Crippen LogP contribution in [0.4, 0.5) is 26.3 Å². The van der Waals surface area contributed by atoms with Crippen LogP contribution in [0.1, 0.15) is 41.8 Å². The van der Waals surface area contributed by atoms with Gasteiger partial charge in [0.2, 0.25) is 0 Å². The van der Waals surface area contributed by atoms with Gasteiger partial charge in [0.1, 0.15) is 21.9 Å². The largest absolute Gasteiger partial charge is 0.380 e. The molecule has 0 fully saturated rings. The quantitative estimate of drug-likeness (QED) is 0.216. The Morgan fingerprint density at radius 3 is 1.26 bits per heavy atom. The van der Waals surface area contributed by atoms with Crippen molar-refractivity contribution in [1.82, 2.24) is 0 Å². The zero-order valence-corrected chi connectivity index (χ0v) is 23.9. The number of rotatable bonds is 4. The van der Waals surface area contributed by atoms with Gasteiger partial charge >= 0.3 is 17.8 Å². The molecular weight excluding hydrogens is 595 g/mol. The van der Waals surface area contributed by atoms with Crippen LogP contribution in [0.5, 0.6) is 0 Å². The Morgan fingerprint density at radius 2 is 0.949 bits per heavy atom. The fourth-order valence-corrected chi connectivity index (χ4v) is 9.22. The number of hydrogen-bond donors (Lipinski definition) is 0. The molecule has 1 aliphatic carbocycles. The molecule has 1 aliphatic rings. The molecule has 0 amide bonds. The number of allylic oxidation sites excluding steroid dienone is 2. The van der Waals surface area contributed by atoms with E-state index < -0.39 is 28.9 Å². The van der Waals surface area contributed by atoms with Gasteiger partial charge in [-0.1, -0.05) is 0 Å². The summed E-state index contributed by atoms with van der Waals surface area (Å²) in [7, 11) is 0. The first kappa shape index (κ1) is 27.7. The standard InChI is InChI=1S/C27H16F6N2S4/c1-11-19(13(3)36-23(11)17-7-5-15(9-34)38-17)21-22(26(30,31)27(32,33)25(21,28)29)20-12(2)24(37-14(20)4)18-8-6-16(10-35)39-18/h5-8H,1-4H3. The van der Waals surface area contributed by atoms with Crippen LogP contribution >= 0.6 is 45.3 Å². The van der Waals surface area contributed by atoms with Gasteiger partial charge in [0.25, 0.3) is 0 Å². The second kappa shape index (κ2) is 9.07. The number of nitriles is 2. The Morgan fingerprint density at radius 1 is 0.590 bits per heavy atom. The maximum atomic E-state index is 15.6. The third kappa shape index (κ3) is 3.76. The molecule has 12 heteroatoms. The van der Waals surface area contributed by atoms with E-state index in [9.17, 15) is 10.5 Å². The SMILES string of the molecule is Cc1sc(-c2ccc(C#N)s2)c(C)c1C1=C(c2c(C)sc(-c3ccc(C#N)s3)c2C)C(F)(F)C(F)(F)C1(F)F. The lowest BCUT2D eigenvalue weighted by molar-refractivity contribution is -0.254. The van der Waals surface area contributed by atoms with E-state index in [1.807, 2.05) is 12.1 Å². The monoisotopic (exact) mass is 610 g/mol. The Hall–Kier alpha value is -2.90. The van der Waals surface area contributed by atoms with Crippen molar-refractivity contribution in [3.8, 4) is 31.6 Å². The fourth-order valence-electron chi connectivity index (χ4n) is 4.94. The summed E-state index contributed by atoms with van der Waals surface area (Å²) in [5, 5.41) is 18.3. The maximum Gasteiger partial charge on any atom is 0.380 e. The molecular formula is C27H16F6N2S4. The van der Waals surface area contributed by atoms with Crippen molar-refractivity contribution in [2.24, 2.45) is 0 Å². The summed E-state index contributed by atoms with van der Waals surface area (Å²) in [5.74, 6) is -16.0. The van der Waals surface area contributed by atoms with Gasteiger partial charge < -0.3 is 0 Å². The fraction of sp³-hybridized carbons (Fsp3) is 0.259. The summed E-state index contributed by atoms with van der Waals surface area (Å²) in [4.78, 5) is 3.14. The van der Waals surface area contributed by atoms with Crippen molar-refractivity contribution < 1.29 is 26.3 Å². The topological polar surface area (TPSA) is 47.6 Å². The number of thiophene rings is 4. The van der Waals surface area contributed by atoms with E-state index in [1.165, 1.54) is 27.7 Å². The molecule has 0 saturated heterocycles. The molecule has 39 heavy (non-hydrogen) atoms. The van der Waals surface area contributed by atoms with Gasteiger partial charge in [0.15, 0.2) is 0 Å². The predicted octanol–water partition coefficient (Wildman–Crippen LogP) is 10.1. The predicted molar refractivity (Wildman–Crippen MR) is 145 cm³/mol. The van der Waals surface area contributed by atoms with E-state index in [0.717, 1.165) is 45.3 Å². The van der Waals surface area contributed by atoms with Crippen LogP contribution in [0.3, 0.4) is 0 Å². The van der Waals surface area contributed by atoms with E-state index in [-0.39, 0.29) is 32.0 Å². The molecule has 0 aliphatic heterocycles. The third-order valence-electron chi connectivity index (χ3n) is 6.69. The molecule has 4 heterocycles. The minimum absolute atomic E-state index is 0.173. The van der Waals surface area contributed by atoms with E-state index in [0.29, 0.717) is 29.3 Å². The van der Waals surface area contributed by atoms with Crippen LogP contribution in [0.2, 0.25) is 0 Å². The number of hydrogen-bond acceptors (Lipinski definition) is 6. The molecule has 0 spiro atoms. The van der Waals surface area contributed by atoms with Gasteiger partial charge in [0, 0.05) is 51.5 Å². The van der Waals surface area contributed by atoms with Crippen LogP contribution in [0.25, 0.3) is 30.7 Å². The highest BCUT2D eigenvalue weighted by molar-refractivity contribution is 7.23. The smallest absolute Gasteiger partial charge is 0.194 e. The van der Waals surface area contributed by atoms with Crippen LogP contribution in [0.15, 0.2) is 24.3 Å². The average Bonchev–Trinajstić information content (AvgIpc) is 3.66. The second-order valence-electron chi connectivity index (χ2n) is 9.00. The molecule has 200 valence electrons. The highest BCUT2D eigenvalue weighted by Gasteiger charge is 2.80.